The Balaban J connectivity index is 1.92. The van der Waals surface area contributed by atoms with Gasteiger partial charge in [-0.25, -0.2) is 4.39 Å². The van der Waals surface area contributed by atoms with E-state index in [0.717, 1.165) is 24.9 Å². The summed E-state index contributed by atoms with van der Waals surface area (Å²) >= 11 is 0. The van der Waals surface area contributed by atoms with Crippen LogP contribution in [0.3, 0.4) is 0 Å². The molecule has 0 aliphatic carbocycles. The first-order valence-electron chi connectivity index (χ1n) is 5.67. The Morgan fingerprint density at radius 1 is 1.47 bits per heavy atom. The zero-order valence-electron chi connectivity index (χ0n) is 9.22. The predicted octanol–water partition coefficient (Wildman–Crippen LogP) is 2.90. The molecule has 2 heteroatoms. The van der Waals surface area contributed by atoms with Gasteiger partial charge in [0.1, 0.15) is 5.82 Å². The van der Waals surface area contributed by atoms with Crippen LogP contribution in [0, 0.1) is 5.82 Å². The summed E-state index contributed by atoms with van der Waals surface area (Å²) in [5.74, 6) is -0.128. The van der Waals surface area contributed by atoms with Crippen LogP contribution in [0.25, 0.3) is 0 Å². The summed E-state index contributed by atoms with van der Waals surface area (Å²) in [7, 11) is 0. The van der Waals surface area contributed by atoms with Crippen LogP contribution in [0.15, 0.2) is 24.3 Å². The zero-order chi connectivity index (χ0) is 10.7. The number of hydrogen-bond donors (Lipinski definition) is 1. The Morgan fingerprint density at radius 3 is 3.00 bits per heavy atom. The summed E-state index contributed by atoms with van der Waals surface area (Å²) in [4.78, 5) is 0. The van der Waals surface area contributed by atoms with Gasteiger partial charge >= 0.3 is 0 Å². The van der Waals surface area contributed by atoms with Crippen LogP contribution in [-0.2, 0) is 6.42 Å². The minimum Gasteiger partial charge on any atom is -0.312 e. The molecule has 1 aliphatic heterocycles. The molecule has 0 amide bonds. The molecule has 0 radical (unpaired) electrons. The quantitative estimate of drug-likeness (QED) is 0.803. The highest BCUT2D eigenvalue weighted by Crippen LogP contribution is 2.24. The number of nitrogens with one attached hydrogen (secondary N) is 1. The molecule has 1 aliphatic rings. The molecule has 1 aromatic rings. The first-order chi connectivity index (χ1) is 7.18. The van der Waals surface area contributed by atoms with Crippen LogP contribution in [0.1, 0.15) is 31.7 Å². The molecule has 0 spiro atoms. The first kappa shape index (κ1) is 10.6. The molecule has 1 aromatic carbocycles. The lowest BCUT2D eigenvalue weighted by molar-refractivity contribution is 0.384. The van der Waals surface area contributed by atoms with E-state index in [1.807, 2.05) is 6.07 Å². The molecule has 1 saturated heterocycles. The van der Waals surface area contributed by atoms with Crippen molar-refractivity contribution in [1.82, 2.24) is 5.32 Å². The van der Waals surface area contributed by atoms with Gasteiger partial charge in [0.2, 0.25) is 0 Å². The molecule has 15 heavy (non-hydrogen) atoms. The fourth-order valence-electron chi connectivity index (χ4n) is 2.28. The standard InChI is InChI=1S/C13H18FN/c1-13(7-3-9-15-13)8-6-11-4-2-5-12(14)10-11/h2,4-5,10,15H,3,6-9H2,1H3. The molecule has 0 saturated carbocycles. The Labute approximate surface area is 90.7 Å². The van der Waals surface area contributed by atoms with Gasteiger partial charge in [-0.1, -0.05) is 12.1 Å². The van der Waals surface area contributed by atoms with Crippen LogP contribution in [0.5, 0.6) is 0 Å². The molecule has 1 fully saturated rings. The van der Waals surface area contributed by atoms with Crippen LogP contribution >= 0.6 is 0 Å². The lowest BCUT2D eigenvalue weighted by atomic mass is 9.92. The Bertz CT molecular complexity index is 329. The van der Waals surface area contributed by atoms with Crippen LogP contribution in [0.2, 0.25) is 0 Å². The van der Waals surface area contributed by atoms with Crippen molar-refractivity contribution in [3.8, 4) is 0 Å². The number of hydrogen-bond acceptors (Lipinski definition) is 1. The third-order valence-electron chi connectivity index (χ3n) is 3.31. The van der Waals surface area contributed by atoms with Crippen LogP contribution in [-0.4, -0.2) is 12.1 Å². The van der Waals surface area contributed by atoms with Crippen molar-refractivity contribution in [3.63, 3.8) is 0 Å². The van der Waals surface area contributed by atoms with Crippen molar-refractivity contribution < 1.29 is 4.39 Å². The monoisotopic (exact) mass is 207 g/mol. The topological polar surface area (TPSA) is 12.0 Å². The molecule has 0 bridgehead atoms. The summed E-state index contributed by atoms with van der Waals surface area (Å²) in [5.41, 5.74) is 1.37. The number of aryl methyl sites for hydroxylation is 1. The highest BCUT2D eigenvalue weighted by Gasteiger charge is 2.27. The van der Waals surface area contributed by atoms with Gasteiger partial charge in [0.15, 0.2) is 0 Å². The highest BCUT2D eigenvalue weighted by atomic mass is 19.1. The van der Waals surface area contributed by atoms with E-state index in [0.29, 0.717) is 0 Å². The van der Waals surface area contributed by atoms with E-state index in [9.17, 15) is 4.39 Å². The van der Waals surface area contributed by atoms with E-state index < -0.39 is 0 Å². The van der Waals surface area contributed by atoms with Crippen LogP contribution in [0.4, 0.5) is 4.39 Å². The molecule has 0 aromatic heterocycles. The van der Waals surface area contributed by atoms with Gasteiger partial charge in [0, 0.05) is 5.54 Å². The lowest BCUT2D eigenvalue weighted by Gasteiger charge is -2.24. The van der Waals surface area contributed by atoms with Crippen molar-refractivity contribution in [1.29, 1.82) is 0 Å². The molecule has 82 valence electrons. The second kappa shape index (κ2) is 4.31. The fraction of sp³-hybridized carbons (Fsp3) is 0.538. The SMILES string of the molecule is CC1(CCc2cccc(F)c2)CCCN1. The molecule has 1 nitrogen and oxygen atoms in total. The Kier molecular flexibility index (Phi) is 3.06. The smallest absolute Gasteiger partial charge is 0.123 e. The van der Waals surface area contributed by atoms with Crippen molar-refractivity contribution in [2.45, 2.75) is 38.1 Å². The van der Waals surface area contributed by atoms with Gasteiger partial charge < -0.3 is 5.32 Å². The number of halogens is 1. The second-order valence-corrected chi connectivity index (χ2v) is 4.72. The highest BCUT2D eigenvalue weighted by molar-refractivity contribution is 5.17. The van der Waals surface area contributed by atoms with Crippen molar-refractivity contribution in [2.24, 2.45) is 0 Å². The van der Waals surface area contributed by atoms with Crippen molar-refractivity contribution in [2.75, 3.05) is 6.54 Å². The zero-order valence-corrected chi connectivity index (χ0v) is 9.22. The molecule has 1 atom stereocenters. The largest absolute Gasteiger partial charge is 0.312 e. The van der Waals surface area contributed by atoms with E-state index in [1.54, 1.807) is 12.1 Å². The average Bonchev–Trinajstić information content (AvgIpc) is 2.63. The third kappa shape index (κ3) is 2.78. The first-order valence-corrected chi connectivity index (χ1v) is 5.67. The fourth-order valence-corrected chi connectivity index (χ4v) is 2.28. The summed E-state index contributed by atoms with van der Waals surface area (Å²) in [6, 6.07) is 6.92. The van der Waals surface area contributed by atoms with Gasteiger partial charge in [-0.3, -0.25) is 0 Å². The maximum atomic E-state index is 12.9. The van der Waals surface area contributed by atoms with Gasteiger partial charge in [-0.05, 0) is 56.8 Å². The van der Waals surface area contributed by atoms with Gasteiger partial charge in [-0.15, -0.1) is 0 Å². The summed E-state index contributed by atoms with van der Waals surface area (Å²) in [5, 5.41) is 3.52. The molecule has 2 rings (SSSR count). The maximum absolute atomic E-state index is 12.9. The normalized spacial score (nSPS) is 25.7. The molecular formula is C13H18FN. The third-order valence-corrected chi connectivity index (χ3v) is 3.31. The second-order valence-electron chi connectivity index (χ2n) is 4.72. The van der Waals surface area contributed by atoms with Crippen molar-refractivity contribution in [3.05, 3.63) is 35.6 Å². The van der Waals surface area contributed by atoms with Gasteiger partial charge in [0.25, 0.3) is 0 Å². The van der Waals surface area contributed by atoms with E-state index in [4.69, 9.17) is 0 Å². The molecule has 1 heterocycles. The van der Waals surface area contributed by atoms with Gasteiger partial charge in [0.05, 0.1) is 0 Å². The number of rotatable bonds is 3. The van der Waals surface area contributed by atoms with Gasteiger partial charge in [-0.2, -0.15) is 0 Å². The summed E-state index contributed by atoms with van der Waals surface area (Å²) < 4.78 is 12.9. The minimum absolute atomic E-state index is 0.128. The van der Waals surface area contributed by atoms with E-state index in [1.165, 1.54) is 18.9 Å². The average molecular weight is 207 g/mol. The molecule has 1 unspecified atom stereocenters. The Hall–Kier alpha value is -0.890. The number of benzene rings is 1. The summed E-state index contributed by atoms with van der Waals surface area (Å²) in [6.45, 7) is 3.39. The van der Waals surface area contributed by atoms with Crippen LogP contribution < -0.4 is 5.32 Å². The van der Waals surface area contributed by atoms with E-state index in [-0.39, 0.29) is 11.4 Å². The van der Waals surface area contributed by atoms with E-state index in [2.05, 4.69) is 12.2 Å². The summed E-state index contributed by atoms with van der Waals surface area (Å²) in [6.07, 6.45) is 4.56. The minimum atomic E-state index is -0.128. The molecule has 1 N–H and O–H groups in total. The Morgan fingerprint density at radius 2 is 2.33 bits per heavy atom. The predicted molar refractivity (Wildman–Crippen MR) is 60.4 cm³/mol. The maximum Gasteiger partial charge on any atom is 0.123 e. The lowest BCUT2D eigenvalue weighted by Crippen LogP contribution is -2.36. The van der Waals surface area contributed by atoms with E-state index >= 15 is 0 Å². The van der Waals surface area contributed by atoms with Crippen molar-refractivity contribution >= 4 is 0 Å². The molecular weight excluding hydrogens is 189 g/mol.